The van der Waals surface area contributed by atoms with Gasteiger partial charge in [-0.25, -0.2) is 0 Å². The van der Waals surface area contributed by atoms with E-state index in [1.807, 2.05) is 0 Å². The van der Waals surface area contributed by atoms with Crippen molar-refractivity contribution >= 4 is 23.2 Å². The van der Waals surface area contributed by atoms with Crippen molar-refractivity contribution in [2.75, 3.05) is 0 Å². The van der Waals surface area contributed by atoms with Gasteiger partial charge in [-0.15, -0.1) is 23.2 Å². The van der Waals surface area contributed by atoms with E-state index in [-0.39, 0.29) is 9.75 Å². The zero-order valence-electron chi connectivity index (χ0n) is 7.86. The zero-order chi connectivity index (χ0) is 9.10. The van der Waals surface area contributed by atoms with Crippen molar-refractivity contribution in [3.05, 3.63) is 0 Å². The van der Waals surface area contributed by atoms with E-state index in [1.54, 1.807) is 0 Å². The van der Waals surface area contributed by atoms with Gasteiger partial charge in [-0.3, -0.25) is 0 Å². The van der Waals surface area contributed by atoms with Gasteiger partial charge < -0.3 is 0 Å². The third-order valence-corrected chi connectivity index (χ3v) is 5.30. The van der Waals surface area contributed by atoms with Crippen molar-refractivity contribution < 1.29 is 0 Å². The molecule has 0 radical (unpaired) electrons. The molecule has 0 aliphatic heterocycles. The van der Waals surface area contributed by atoms with E-state index in [4.69, 9.17) is 23.2 Å². The normalized spacial score (nSPS) is 59.5. The van der Waals surface area contributed by atoms with Gasteiger partial charge in [0, 0.05) is 9.75 Å². The predicted molar refractivity (Wildman–Crippen MR) is 56.5 cm³/mol. The number of hydrogen-bond acceptors (Lipinski definition) is 0. The van der Waals surface area contributed by atoms with Crippen LogP contribution in [0, 0.1) is 11.8 Å². The first kappa shape index (κ1) is 8.85. The number of hydrogen-bond donors (Lipinski definition) is 0. The largest absolute Gasteiger partial charge is 0.119 e. The Balaban J connectivity index is 1.98. The van der Waals surface area contributed by atoms with Crippen LogP contribution in [0.25, 0.3) is 0 Å². The third-order valence-electron chi connectivity index (χ3n) is 4.31. The minimum atomic E-state index is 0.140. The highest BCUT2D eigenvalue weighted by Crippen LogP contribution is 2.58. The van der Waals surface area contributed by atoms with Gasteiger partial charge in [-0.05, 0) is 56.8 Å². The molecule has 74 valence electrons. The highest BCUT2D eigenvalue weighted by molar-refractivity contribution is 6.25. The Bertz CT molecular complexity index is 200. The van der Waals surface area contributed by atoms with E-state index in [0.29, 0.717) is 0 Å². The van der Waals surface area contributed by atoms with Crippen molar-refractivity contribution in [3.8, 4) is 0 Å². The van der Waals surface area contributed by atoms with E-state index in [1.165, 1.54) is 32.1 Å². The van der Waals surface area contributed by atoms with Crippen LogP contribution in [0.3, 0.4) is 0 Å². The Morgan fingerprint density at radius 1 is 0.769 bits per heavy atom. The molecule has 0 heterocycles. The molecule has 4 bridgehead atoms. The number of fused-ring (bicyclic) bond motifs is 1. The zero-order valence-corrected chi connectivity index (χ0v) is 9.37. The third kappa shape index (κ3) is 1.41. The first-order chi connectivity index (χ1) is 6.07. The molecule has 4 aliphatic rings. The van der Waals surface area contributed by atoms with Crippen molar-refractivity contribution in [2.45, 2.75) is 54.7 Å². The molecule has 4 aliphatic carbocycles. The Hall–Kier alpha value is 0.580. The minimum Gasteiger partial charge on any atom is -0.119 e. The van der Waals surface area contributed by atoms with Gasteiger partial charge in [0.15, 0.2) is 0 Å². The highest BCUT2D eigenvalue weighted by Gasteiger charge is 2.51. The fourth-order valence-electron chi connectivity index (χ4n) is 4.04. The lowest BCUT2D eigenvalue weighted by Crippen LogP contribution is -2.38. The monoisotopic (exact) mass is 218 g/mol. The molecule has 0 atom stereocenters. The lowest BCUT2D eigenvalue weighted by Gasteiger charge is -2.44. The molecular formula is C11H16Cl2. The van der Waals surface area contributed by atoms with Crippen LogP contribution in [0.2, 0.25) is 0 Å². The highest BCUT2D eigenvalue weighted by atomic mass is 35.5. The maximum absolute atomic E-state index is 6.63. The van der Waals surface area contributed by atoms with Crippen LogP contribution in [0.15, 0.2) is 0 Å². The molecule has 0 saturated heterocycles. The summed E-state index contributed by atoms with van der Waals surface area (Å²) in [5.41, 5.74) is 0. The first-order valence-electron chi connectivity index (χ1n) is 5.45. The standard InChI is InChI=1S/C11H16Cl2/c12-10-1-2-11(13)6-8(4-10)3-9(5-10)7-11/h8-9H,1-7H2. The van der Waals surface area contributed by atoms with Crippen molar-refractivity contribution in [3.63, 3.8) is 0 Å². The summed E-state index contributed by atoms with van der Waals surface area (Å²) < 4.78 is 0. The molecule has 2 heteroatoms. The Morgan fingerprint density at radius 3 is 1.54 bits per heavy atom. The molecule has 0 amide bonds. The summed E-state index contributed by atoms with van der Waals surface area (Å²) in [6, 6.07) is 0. The molecule has 0 aromatic heterocycles. The van der Waals surface area contributed by atoms with E-state index in [0.717, 1.165) is 24.7 Å². The van der Waals surface area contributed by atoms with Gasteiger partial charge in [0.05, 0.1) is 0 Å². The van der Waals surface area contributed by atoms with E-state index in [9.17, 15) is 0 Å². The summed E-state index contributed by atoms with van der Waals surface area (Å²) in [5, 5.41) is 0. The number of alkyl halides is 2. The van der Waals surface area contributed by atoms with Crippen LogP contribution in [0.1, 0.15) is 44.9 Å². The summed E-state index contributed by atoms with van der Waals surface area (Å²) in [6.07, 6.45) is 8.66. The van der Waals surface area contributed by atoms with Crippen LogP contribution < -0.4 is 0 Å². The van der Waals surface area contributed by atoms with Crippen LogP contribution in [0.5, 0.6) is 0 Å². The van der Waals surface area contributed by atoms with Crippen molar-refractivity contribution in [2.24, 2.45) is 11.8 Å². The second-order valence-electron chi connectivity index (χ2n) is 5.59. The summed E-state index contributed by atoms with van der Waals surface area (Å²) in [7, 11) is 0. The average Bonchev–Trinajstić information content (AvgIpc) is 2.11. The van der Waals surface area contributed by atoms with E-state index < -0.39 is 0 Å². The molecule has 13 heavy (non-hydrogen) atoms. The maximum Gasteiger partial charge on any atom is 0.0452 e. The molecule has 0 N–H and O–H groups in total. The SMILES string of the molecule is ClC12CCC3(Cl)CC(CC(C1)C3)C2. The maximum atomic E-state index is 6.63. The molecule has 0 aromatic rings. The van der Waals surface area contributed by atoms with Crippen LogP contribution in [-0.2, 0) is 0 Å². The van der Waals surface area contributed by atoms with Crippen molar-refractivity contribution in [1.82, 2.24) is 0 Å². The molecule has 0 aromatic carbocycles. The van der Waals surface area contributed by atoms with E-state index >= 15 is 0 Å². The van der Waals surface area contributed by atoms with Gasteiger partial charge in [0.1, 0.15) is 0 Å². The molecule has 0 spiro atoms. The van der Waals surface area contributed by atoms with Crippen LogP contribution >= 0.6 is 23.2 Å². The van der Waals surface area contributed by atoms with Gasteiger partial charge in [-0.1, -0.05) is 0 Å². The fourth-order valence-corrected chi connectivity index (χ4v) is 5.10. The molecule has 4 rings (SSSR count). The van der Waals surface area contributed by atoms with Gasteiger partial charge in [0.25, 0.3) is 0 Å². The first-order valence-corrected chi connectivity index (χ1v) is 6.20. The lowest BCUT2D eigenvalue weighted by atomic mass is 9.67. The molecule has 0 unspecified atom stereocenters. The summed E-state index contributed by atoms with van der Waals surface area (Å²) in [5.74, 6) is 1.68. The Morgan fingerprint density at radius 2 is 1.15 bits per heavy atom. The molecule has 4 fully saturated rings. The Kier molecular flexibility index (Phi) is 1.76. The molecule has 4 saturated carbocycles. The van der Waals surface area contributed by atoms with Gasteiger partial charge in [0.2, 0.25) is 0 Å². The van der Waals surface area contributed by atoms with Gasteiger partial charge >= 0.3 is 0 Å². The summed E-state index contributed by atoms with van der Waals surface area (Å²) in [6.45, 7) is 0. The van der Waals surface area contributed by atoms with Crippen molar-refractivity contribution in [1.29, 1.82) is 0 Å². The summed E-state index contributed by atoms with van der Waals surface area (Å²) >= 11 is 13.3. The summed E-state index contributed by atoms with van der Waals surface area (Å²) in [4.78, 5) is 0.279. The second kappa shape index (κ2) is 2.58. The smallest absolute Gasteiger partial charge is 0.0452 e. The quantitative estimate of drug-likeness (QED) is 0.541. The molecule has 0 nitrogen and oxygen atoms in total. The topological polar surface area (TPSA) is 0 Å². The average molecular weight is 219 g/mol. The minimum absolute atomic E-state index is 0.140. The van der Waals surface area contributed by atoms with E-state index in [2.05, 4.69) is 0 Å². The number of rotatable bonds is 0. The van der Waals surface area contributed by atoms with Crippen LogP contribution in [-0.4, -0.2) is 9.75 Å². The fraction of sp³-hybridized carbons (Fsp3) is 1.00. The number of halogens is 2. The second-order valence-corrected chi connectivity index (χ2v) is 7.19. The van der Waals surface area contributed by atoms with Crippen LogP contribution in [0.4, 0.5) is 0 Å². The Labute approximate surface area is 90.0 Å². The van der Waals surface area contributed by atoms with Gasteiger partial charge in [-0.2, -0.15) is 0 Å². The molecular weight excluding hydrogens is 203 g/mol. The lowest BCUT2D eigenvalue weighted by molar-refractivity contribution is 0.154. The predicted octanol–water partition coefficient (Wildman–Crippen LogP) is 3.95.